The Kier molecular flexibility index (Phi) is 2.37. The molecule has 0 bridgehead atoms. The van der Waals surface area contributed by atoms with E-state index in [-0.39, 0.29) is 11.8 Å². The highest BCUT2D eigenvalue weighted by molar-refractivity contribution is 5.66. The molecule has 0 fully saturated rings. The van der Waals surface area contributed by atoms with Crippen LogP contribution in [0.5, 0.6) is 5.75 Å². The number of rotatable bonds is 1. The lowest BCUT2D eigenvalue weighted by Crippen LogP contribution is -2.16. The second kappa shape index (κ2) is 3.89. The first-order valence-corrected chi connectivity index (χ1v) is 5.79. The smallest absolute Gasteiger partial charge is 0.142 e. The first-order valence-electron chi connectivity index (χ1n) is 5.79. The summed E-state index contributed by atoms with van der Waals surface area (Å²) in [5.74, 6) is 1.12. The van der Waals surface area contributed by atoms with Crippen LogP contribution in [0.25, 0.3) is 11.3 Å². The Balaban J connectivity index is 2.13. The van der Waals surface area contributed by atoms with Crippen LogP contribution in [0.2, 0.25) is 0 Å². The zero-order chi connectivity index (χ0) is 11.8. The van der Waals surface area contributed by atoms with Gasteiger partial charge >= 0.3 is 0 Å². The number of hydrogen-bond acceptors (Lipinski definition) is 4. The van der Waals surface area contributed by atoms with Crippen molar-refractivity contribution in [3.8, 4) is 17.0 Å². The van der Waals surface area contributed by atoms with Gasteiger partial charge in [-0.1, -0.05) is 17.3 Å². The molecule has 0 saturated heterocycles. The Bertz CT molecular complexity index is 548. The van der Waals surface area contributed by atoms with E-state index in [0.29, 0.717) is 0 Å². The Hall–Kier alpha value is -1.81. The second-order valence-corrected chi connectivity index (χ2v) is 4.42. The van der Waals surface area contributed by atoms with E-state index in [0.717, 1.165) is 41.8 Å². The van der Waals surface area contributed by atoms with Crippen LogP contribution in [-0.2, 0) is 6.42 Å². The van der Waals surface area contributed by atoms with Gasteiger partial charge in [-0.15, -0.1) is 0 Å². The molecular weight excluding hydrogens is 216 g/mol. The normalized spacial score (nSPS) is 19.0. The summed E-state index contributed by atoms with van der Waals surface area (Å²) in [6.45, 7) is 0. The van der Waals surface area contributed by atoms with E-state index in [2.05, 4.69) is 5.16 Å². The van der Waals surface area contributed by atoms with Gasteiger partial charge in [0.1, 0.15) is 17.2 Å². The maximum absolute atomic E-state index is 9.49. The summed E-state index contributed by atoms with van der Waals surface area (Å²) < 4.78 is 5.34. The third-order valence-electron chi connectivity index (χ3n) is 3.21. The molecule has 1 atom stereocenters. The summed E-state index contributed by atoms with van der Waals surface area (Å²) in [7, 11) is 0. The third-order valence-corrected chi connectivity index (χ3v) is 3.21. The Morgan fingerprint density at radius 2 is 2.29 bits per heavy atom. The standard InChI is InChI=1S/C13H14N2O2/c14-10-5-2-6-11-12(10)13(15-17-11)8-3-1-4-9(16)7-8/h1,3-4,7,10,16H,2,5-6,14H2. The van der Waals surface area contributed by atoms with E-state index in [1.165, 1.54) is 0 Å². The second-order valence-electron chi connectivity index (χ2n) is 4.42. The first-order chi connectivity index (χ1) is 8.25. The molecule has 1 aliphatic rings. The molecule has 1 aromatic carbocycles. The van der Waals surface area contributed by atoms with Crippen molar-refractivity contribution in [2.75, 3.05) is 0 Å². The number of fused-ring (bicyclic) bond motifs is 1. The van der Waals surface area contributed by atoms with E-state index < -0.39 is 0 Å². The van der Waals surface area contributed by atoms with Crippen LogP contribution in [-0.4, -0.2) is 10.3 Å². The third kappa shape index (κ3) is 1.70. The van der Waals surface area contributed by atoms with Crippen LogP contribution in [0, 0.1) is 0 Å². The van der Waals surface area contributed by atoms with Gasteiger partial charge in [-0.05, 0) is 25.0 Å². The Morgan fingerprint density at radius 1 is 1.41 bits per heavy atom. The zero-order valence-electron chi connectivity index (χ0n) is 9.39. The lowest BCUT2D eigenvalue weighted by molar-refractivity contribution is 0.366. The summed E-state index contributed by atoms with van der Waals surface area (Å²) in [6, 6.07) is 7.00. The van der Waals surface area contributed by atoms with E-state index in [1.54, 1.807) is 18.2 Å². The van der Waals surface area contributed by atoms with Crippen molar-refractivity contribution in [1.29, 1.82) is 0 Å². The number of aryl methyl sites for hydroxylation is 1. The summed E-state index contributed by atoms with van der Waals surface area (Å²) in [5, 5.41) is 13.6. The molecule has 1 aliphatic carbocycles. The van der Waals surface area contributed by atoms with Crippen molar-refractivity contribution < 1.29 is 9.63 Å². The predicted octanol–water partition coefficient (Wildman–Crippen LogP) is 2.38. The van der Waals surface area contributed by atoms with Crippen LogP contribution < -0.4 is 5.73 Å². The van der Waals surface area contributed by atoms with E-state index >= 15 is 0 Å². The summed E-state index contributed by atoms with van der Waals surface area (Å²) in [4.78, 5) is 0. The van der Waals surface area contributed by atoms with Crippen molar-refractivity contribution in [3.63, 3.8) is 0 Å². The number of hydrogen-bond donors (Lipinski definition) is 2. The summed E-state index contributed by atoms with van der Waals surface area (Å²) >= 11 is 0. The average molecular weight is 230 g/mol. The van der Waals surface area contributed by atoms with Crippen LogP contribution in [0.1, 0.15) is 30.2 Å². The van der Waals surface area contributed by atoms with E-state index in [1.807, 2.05) is 6.07 Å². The number of nitrogens with zero attached hydrogens (tertiary/aromatic N) is 1. The van der Waals surface area contributed by atoms with E-state index in [4.69, 9.17) is 10.3 Å². The lowest BCUT2D eigenvalue weighted by Gasteiger charge is -2.17. The minimum atomic E-state index is -0.0117. The fraction of sp³-hybridized carbons (Fsp3) is 0.308. The van der Waals surface area contributed by atoms with Gasteiger partial charge in [-0.25, -0.2) is 0 Å². The fourth-order valence-electron chi connectivity index (χ4n) is 2.38. The highest BCUT2D eigenvalue weighted by Crippen LogP contribution is 2.36. The summed E-state index contributed by atoms with van der Waals surface area (Å²) in [5.41, 5.74) is 8.73. The van der Waals surface area contributed by atoms with Gasteiger partial charge in [0.25, 0.3) is 0 Å². The van der Waals surface area contributed by atoms with Gasteiger partial charge in [-0.2, -0.15) is 0 Å². The van der Waals surface area contributed by atoms with Gasteiger partial charge in [0.15, 0.2) is 0 Å². The number of aromatic hydroxyl groups is 1. The monoisotopic (exact) mass is 230 g/mol. The van der Waals surface area contributed by atoms with E-state index in [9.17, 15) is 5.11 Å². The highest BCUT2D eigenvalue weighted by atomic mass is 16.5. The predicted molar refractivity (Wildman–Crippen MR) is 63.5 cm³/mol. The Morgan fingerprint density at radius 3 is 3.12 bits per heavy atom. The maximum Gasteiger partial charge on any atom is 0.142 e. The number of aromatic nitrogens is 1. The summed E-state index contributed by atoms with van der Waals surface area (Å²) in [6.07, 6.45) is 2.90. The number of phenolic OH excluding ortho intramolecular Hbond substituents is 1. The molecule has 0 spiro atoms. The number of phenols is 1. The Labute approximate surface area is 99.0 Å². The van der Waals surface area contributed by atoms with Gasteiger partial charge < -0.3 is 15.4 Å². The van der Waals surface area contributed by atoms with Crippen molar-refractivity contribution in [2.45, 2.75) is 25.3 Å². The molecule has 3 rings (SSSR count). The molecule has 1 heterocycles. The topological polar surface area (TPSA) is 72.3 Å². The maximum atomic E-state index is 9.49. The van der Waals surface area contributed by atoms with Crippen LogP contribution in [0.3, 0.4) is 0 Å². The number of benzene rings is 1. The lowest BCUT2D eigenvalue weighted by atomic mass is 9.90. The average Bonchev–Trinajstić information content (AvgIpc) is 2.74. The van der Waals surface area contributed by atoms with Gasteiger partial charge in [0, 0.05) is 23.6 Å². The molecule has 1 aromatic heterocycles. The quantitative estimate of drug-likeness (QED) is 0.789. The van der Waals surface area contributed by atoms with Gasteiger partial charge in [-0.3, -0.25) is 0 Å². The largest absolute Gasteiger partial charge is 0.508 e. The minimum Gasteiger partial charge on any atom is -0.508 e. The van der Waals surface area contributed by atoms with Crippen molar-refractivity contribution >= 4 is 0 Å². The molecule has 0 radical (unpaired) electrons. The van der Waals surface area contributed by atoms with Crippen LogP contribution in [0.4, 0.5) is 0 Å². The number of nitrogens with two attached hydrogens (primary N) is 1. The van der Waals surface area contributed by atoms with Gasteiger partial charge in [0.2, 0.25) is 0 Å². The zero-order valence-corrected chi connectivity index (χ0v) is 9.39. The minimum absolute atomic E-state index is 0.0117. The molecule has 1 unspecified atom stereocenters. The molecule has 88 valence electrons. The molecular formula is C13H14N2O2. The molecule has 17 heavy (non-hydrogen) atoms. The first kappa shape index (κ1) is 10.4. The molecule has 2 aromatic rings. The van der Waals surface area contributed by atoms with Crippen molar-refractivity contribution in [1.82, 2.24) is 5.16 Å². The highest BCUT2D eigenvalue weighted by Gasteiger charge is 2.26. The molecule has 0 aliphatic heterocycles. The molecule has 4 nitrogen and oxygen atoms in total. The fourth-order valence-corrected chi connectivity index (χ4v) is 2.38. The SMILES string of the molecule is NC1CCCc2onc(-c3cccc(O)c3)c21. The van der Waals surface area contributed by atoms with Gasteiger partial charge in [0.05, 0.1) is 0 Å². The molecule has 0 saturated carbocycles. The van der Waals surface area contributed by atoms with Crippen molar-refractivity contribution in [3.05, 3.63) is 35.6 Å². The van der Waals surface area contributed by atoms with Crippen LogP contribution >= 0.6 is 0 Å². The molecule has 3 N–H and O–H groups in total. The van der Waals surface area contributed by atoms with Crippen LogP contribution in [0.15, 0.2) is 28.8 Å². The van der Waals surface area contributed by atoms with Crippen molar-refractivity contribution in [2.24, 2.45) is 5.73 Å². The molecule has 0 amide bonds. The molecule has 4 heteroatoms.